The van der Waals surface area contributed by atoms with Gasteiger partial charge in [0.1, 0.15) is 23.1 Å². The second kappa shape index (κ2) is 7.62. The Morgan fingerprint density at radius 2 is 1.71 bits per heavy atom. The summed E-state index contributed by atoms with van der Waals surface area (Å²) in [7, 11) is 1.77. The summed E-state index contributed by atoms with van der Waals surface area (Å²) in [5.41, 5.74) is 5.04. The van der Waals surface area contributed by atoms with E-state index in [0.29, 0.717) is 10.4 Å². The van der Waals surface area contributed by atoms with Crippen LogP contribution in [0.1, 0.15) is 53.4 Å². The fourth-order valence-corrected chi connectivity index (χ4v) is 3.23. The molecule has 154 valence electrons. The van der Waals surface area contributed by atoms with Crippen molar-refractivity contribution in [1.29, 1.82) is 0 Å². The van der Waals surface area contributed by atoms with Crippen molar-refractivity contribution in [1.82, 2.24) is 14.5 Å². The van der Waals surface area contributed by atoms with Gasteiger partial charge in [-0.2, -0.15) is 0 Å². The van der Waals surface area contributed by atoms with Gasteiger partial charge >= 0.3 is 12.1 Å². The number of amides is 1. The number of esters is 1. The summed E-state index contributed by atoms with van der Waals surface area (Å²) in [6.45, 7) is 10.6. The summed E-state index contributed by atoms with van der Waals surface area (Å²) in [5, 5.41) is 0. The van der Waals surface area contributed by atoms with Crippen molar-refractivity contribution in [2.45, 2.75) is 58.8 Å². The normalized spacial score (nSPS) is 18.1. The van der Waals surface area contributed by atoms with Crippen LogP contribution >= 0.6 is 15.9 Å². The van der Waals surface area contributed by atoms with Crippen molar-refractivity contribution in [3.63, 3.8) is 0 Å². The number of allylic oxidation sites excluding steroid dienone is 1. The average molecular weight is 455 g/mol. The summed E-state index contributed by atoms with van der Waals surface area (Å²) >= 11 is 3.37. The van der Waals surface area contributed by atoms with Crippen LogP contribution in [0.5, 0.6) is 0 Å². The van der Waals surface area contributed by atoms with E-state index < -0.39 is 29.3 Å². The maximum absolute atomic E-state index is 13.0. The minimum absolute atomic E-state index is 0.123. The highest BCUT2D eigenvalue weighted by molar-refractivity contribution is 9.11. The molecule has 0 fully saturated rings. The Hall–Kier alpha value is -2.29. The summed E-state index contributed by atoms with van der Waals surface area (Å²) in [4.78, 5) is 31.6. The van der Waals surface area contributed by atoms with Crippen LogP contribution in [0.3, 0.4) is 0 Å². The van der Waals surface area contributed by atoms with E-state index in [1.807, 2.05) is 0 Å². The predicted molar refractivity (Wildman–Crippen MR) is 108 cm³/mol. The van der Waals surface area contributed by atoms with Gasteiger partial charge in [0.25, 0.3) is 0 Å². The van der Waals surface area contributed by atoms with Crippen LogP contribution in [0, 0.1) is 0 Å². The first kappa shape index (κ1) is 22.0. The third-order valence-electron chi connectivity index (χ3n) is 3.66. The number of ether oxygens (including phenoxy) is 2. The first-order valence-electron chi connectivity index (χ1n) is 8.81. The molecule has 1 aromatic heterocycles. The van der Waals surface area contributed by atoms with E-state index in [1.54, 1.807) is 65.6 Å². The Morgan fingerprint density at radius 3 is 2.18 bits per heavy atom. The number of hydrogen-bond acceptors (Lipinski definition) is 6. The summed E-state index contributed by atoms with van der Waals surface area (Å²) in [5.74, 6) is -0.178. The minimum Gasteiger partial charge on any atom is -0.456 e. The summed E-state index contributed by atoms with van der Waals surface area (Å²) in [6, 6.07) is -0.913. The van der Waals surface area contributed by atoms with Gasteiger partial charge in [0.05, 0.1) is 10.2 Å². The number of aryl methyl sites for hydroxylation is 1. The molecule has 2 N–H and O–H groups in total. The fraction of sp³-hybridized carbons (Fsp3) is 0.526. The quantitative estimate of drug-likeness (QED) is 0.541. The Kier molecular flexibility index (Phi) is 5.98. The van der Waals surface area contributed by atoms with Gasteiger partial charge in [-0.15, -0.1) is 0 Å². The third kappa shape index (κ3) is 4.95. The van der Waals surface area contributed by atoms with E-state index in [1.165, 1.54) is 11.0 Å². The number of halogens is 1. The zero-order valence-corrected chi connectivity index (χ0v) is 18.8. The number of aromatic nitrogens is 2. The van der Waals surface area contributed by atoms with E-state index in [4.69, 9.17) is 15.2 Å². The molecule has 2 heterocycles. The van der Waals surface area contributed by atoms with E-state index in [-0.39, 0.29) is 11.3 Å². The van der Waals surface area contributed by atoms with Crippen molar-refractivity contribution < 1.29 is 19.1 Å². The van der Waals surface area contributed by atoms with Gasteiger partial charge in [0.2, 0.25) is 0 Å². The van der Waals surface area contributed by atoms with E-state index in [9.17, 15) is 9.59 Å². The van der Waals surface area contributed by atoms with Crippen LogP contribution < -0.4 is 5.73 Å². The Bertz CT molecular complexity index is 843. The molecule has 0 saturated carbocycles. The first-order chi connectivity index (χ1) is 12.7. The molecule has 9 heteroatoms. The summed E-state index contributed by atoms with van der Waals surface area (Å²) in [6.07, 6.45) is 4.15. The molecule has 28 heavy (non-hydrogen) atoms. The van der Waals surface area contributed by atoms with Crippen molar-refractivity contribution in [3.8, 4) is 0 Å². The number of nitrogens with zero attached hydrogens (tertiary/aromatic N) is 3. The largest absolute Gasteiger partial charge is 0.456 e. The maximum atomic E-state index is 13.0. The van der Waals surface area contributed by atoms with Crippen LogP contribution in [0.4, 0.5) is 4.79 Å². The summed E-state index contributed by atoms with van der Waals surface area (Å²) < 4.78 is 13.2. The van der Waals surface area contributed by atoms with E-state index in [2.05, 4.69) is 20.9 Å². The van der Waals surface area contributed by atoms with Gasteiger partial charge in [-0.3, -0.25) is 4.90 Å². The van der Waals surface area contributed by atoms with Crippen molar-refractivity contribution in [2.75, 3.05) is 0 Å². The van der Waals surface area contributed by atoms with Gasteiger partial charge in [0.15, 0.2) is 0 Å². The lowest BCUT2D eigenvalue weighted by Gasteiger charge is -2.36. The lowest BCUT2D eigenvalue weighted by atomic mass is 9.99. The topological polar surface area (TPSA) is 99.7 Å². The lowest BCUT2D eigenvalue weighted by molar-refractivity contribution is -0.150. The molecule has 1 amide bonds. The molecular formula is C19H27BrN4O4. The molecule has 0 radical (unpaired) electrons. The highest BCUT2D eigenvalue weighted by Gasteiger charge is 2.43. The zero-order chi connectivity index (χ0) is 21.4. The minimum atomic E-state index is -0.913. The Labute approximate surface area is 173 Å². The highest BCUT2D eigenvalue weighted by Crippen LogP contribution is 2.40. The van der Waals surface area contributed by atoms with Gasteiger partial charge in [-0.25, -0.2) is 14.6 Å². The molecule has 8 nitrogen and oxygen atoms in total. The molecule has 2 rings (SSSR count). The smallest absolute Gasteiger partial charge is 0.416 e. The van der Waals surface area contributed by atoms with Crippen molar-refractivity contribution in [3.05, 3.63) is 40.2 Å². The first-order valence-corrected chi connectivity index (χ1v) is 9.60. The van der Waals surface area contributed by atoms with Gasteiger partial charge < -0.3 is 19.8 Å². The van der Waals surface area contributed by atoms with E-state index >= 15 is 0 Å². The molecule has 1 aliphatic rings. The zero-order valence-electron chi connectivity index (χ0n) is 17.2. The van der Waals surface area contributed by atoms with Crippen molar-refractivity contribution in [2.24, 2.45) is 12.8 Å². The van der Waals surface area contributed by atoms with Gasteiger partial charge in [0, 0.05) is 25.1 Å². The number of rotatable bonds is 2. The Morgan fingerprint density at radius 1 is 1.14 bits per heavy atom. The van der Waals surface area contributed by atoms with Crippen LogP contribution in [0.2, 0.25) is 0 Å². The number of carbonyl (C=O) groups excluding carboxylic acids is 2. The number of nitrogens with two attached hydrogens (primary N) is 1. The predicted octanol–water partition coefficient (Wildman–Crippen LogP) is 3.50. The molecule has 0 bridgehead atoms. The van der Waals surface area contributed by atoms with Gasteiger partial charge in [-0.1, -0.05) is 0 Å². The number of hydrogen-bond donors (Lipinski definition) is 1. The van der Waals surface area contributed by atoms with Crippen LogP contribution in [0.15, 0.2) is 34.3 Å². The van der Waals surface area contributed by atoms with Crippen LogP contribution in [0.25, 0.3) is 0 Å². The molecule has 1 aromatic rings. The standard InChI is InChI=1S/C19H27BrN4O4/c1-18(2,3)27-16(25)13-11(21)10-12(20)24(17(26)28-19(4,5)6)14(13)15-22-8-9-23(15)7/h8-10,14H,21H2,1-7H3. The molecule has 1 aliphatic heterocycles. The second-order valence-corrected chi connectivity index (χ2v) is 9.30. The van der Waals surface area contributed by atoms with E-state index in [0.717, 1.165) is 0 Å². The molecule has 0 aromatic carbocycles. The monoisotopic (exact) mass is 454 g/mol. The number of imidazole rings is 1. The second-order valence-electron chi connectivity index (χ2n) is 8.49. The fourth-order valence-electron chi connectivity index (χ4n) is 2.64. The Balaban J connectivity index is 2.61. The van der Waals surface area contributed by atoms with Crippen molar-refractivity contribution >= 4 is 28.0 Å². The maximum Gasteiger partial charge on any atom is 0.416 e. The molecule has 0 aliphatic carbocycles. The van der Waals surface area contributed by atoms with Crippen LogP contribution in [-0.4, -0.2) is 37.7 Å². The lowest BCUT2D eigenvalue weighted by Crippen LogP contribution is -2.43. The molecule has 1 atom stereocenters. The highest BCUT2D eigenvalue weighted by atomic mass is 79.9. The SMILES string of the molecule is Cn1ccnc1C1C(C(=O)OC(C)(C)C)=C(N)C=C(Br)N1C(=O)OC(C)(C)C. The molecule has 0 spiro atoms. The third-order valence-corrected chi connectivity index (χ3v) is 4.27. The molecular weight excluding hydrogens is 428 g/mol. The molecule has 1 unspecified atom stereocenters. The average Bonchev–Trinajstić information content (AvgIpc) is 2.88. The number of carbonyl (C=O) groups is 2. The molecule has 0 saturated heterocycles. The van der Waals surface area contributed by atoms with Crippen LogP contribution in [-0.2, 0) is 21.3 Å². The van der Waals surface area contributed by atoms with Gasteiger partial charge in [-0.05, 0) is 63.5 Å².